The molecule has 1 aliphatic heterocycles. The summed E-state index contributed by atoms with van der Waals surface area (Å²) in [5.41, 5.74) is 6.74. The molecule has 0 unspecified atom stereocenters. The second-order valence-corrected chi connectivity index (χ2v) is 7.23. The molecule has 0 aliphatic carbocycles. The lowest BCUT2D eigenvalue weighted by atomic mass is 10.4. The monoisotopic (exact) mass is 298 g/mol. The fourth-order valence-electron chi connectivity index (χ4n) is 2.65. The van der Waals surface area contributed by atoms with E-state index >= 15 is 0 Å². The molecule has 1 fully saturated rings. The lowest BCUT2D eigenvalue weighted by molar-refractivity contribution is 0.432. The molecule has 21 heavy (non-hydrogen) atoms. The summed E-state index contributed by atoms with van der Waals surface area (Å²) in [7, 11) is -0.578. The van der Waals surface area contributed by atoms with Crippen LogP contribution >= 0.6 is 7.92 Å². The van der Waals surface area contributed by atoms with Gasteiger partial charge in [-0.3, -0.25) is 0 Å². The number of benzene rings is 1. The molecule has 0 spiro atoms. The number of rotatable bonds is 3. The van der Waals surface area contributed by atoms with Gasteiger partial charge in [-0.15, -0.1) is 0 Å². The average molecular weight is 298 g/mol. The van der Waals surface area contributed by atoms with E-state index in [2.05, 4.69) is 35.1 Å². The zero-order valence-electron chi connectivity index (χ0n) is 11.3. The molecule has 2 N–H and O–H groups in total. The predicted molar refractivity (Wildman–Crippen MR) is 82.2 cm³/mol. The topological polar surface area (TPSA) is 50.3 Å². The molecular formula is C16H15N2O2P. The van der Waals surface area contributed by atoms with Crippen LogP contribution in [0.15, 0.2) is 76.0 Å². The fraction of sp³-hybridized carbons (Fsp3) is 0.125. The van der Waals surface area contributed by atoms with Gasteiger partial charge in [0.15, 0.2) is 0 Å². The quantitative estimate of drug-likeness (QED) is 0.727. The number of hydrazine groups is 1. The predicted octanol–water partition coefficient (Wildman–Crippen LogP) is 3.49. The Balaban J connectivity index is 1.76. The van der Waals surface area contributed by atoms with Gasteiger partial charge in [0.25, 0.3) is 0 Å². The lowest BCUT2D eigenvalue weighted by Gasteiger charge is -2.21. The zero-order valence-corrected chi connectivity index (χ0v) is 12.2. The van der Waals surface area contributed by atoms with Crippen LogP contribution in [0.25, 0.3) is 0 Å². The Morgan fingerprint density at radius 2 is 1.29 bits per heavy atom. The third-order valence-electron chi connectivity index (χ3n) is 3.59. The van der Waals surface area contributed by atoms with Gasteiger partial charge in [0.05, 0.1) is 12.5 Å². The third kappa shape index (κ3) is 2.32. The van der Waals surface area contributed by atoms with Crippen LogP contribution in [0.1, 0.15) is 23.1 Å². The third-order valence-corrected chi connectivity index (χ3v) is 6.37. The standard InChI is InChI=1S/C16H15N2O2P/c1-2-6-12(7-3-1)21-15(13-8-4-10-19-13)17-18-16(21)14-9-5-11-20-14/h1-11,15-18H/t15-,16-/m0/s1. The van der Waals surface area contributed by atoms with Crippen LogP contribution in [0.2, 0.25) is 0 Å². The zero-order chi connectivity index (χ0) is 14.1. The number of hydrogen-bond acceptors (Lipinski definition) is 4. The highest BCUT2D eigenvalue weighted by atomic mass is 31.1. The summed E-state index contributed by atoms with van der Waals surface area (Å²) < 4.78 is 11.2. The van der Waals surface area contributed by atoms with E-state index < -0.39 is 7.92 Å². The molecule has 2 atom stereocenters. The maximum Gasteiger partial charge on any atom is 0.126 e. The van der Waals surface area contributed by atoms with Crippen LogP contribution in [-0.4, -0.2) is 0 Å². The molecule has 0 bridgehead atoms. The van der Waals surface area contributed by atoms with Gasteiger partial charge in [0, 0.05) is 0 Å². The van der Waals surface area contributed by atoms with Crippen LogP contribution in [-0.2, 0) is 0 Å². The van der Waals surface area contributed by atoms with Gasteiger partial charge in [-0.25, -0.2) is 10.9 Å². The van der Waals surface area contributed by atoms with Crippen molar-refractivity contribution >= 4 is 13.2 Å². The van der Waals surface area contributed by atoms with Crippen LogP contribution in [0, 0.1) is 0 Å². The highest BCUT2D eigenvalue weighted by Crippen LogP contribution is 2.61. The highest BCUT2D eigenvalue weighted by molar-refractivity contribution is 7.66. The van der Waals surface area contributed by atoms with Gasteiger partial charge in [-0.2, -0.15) is 0 Å². The van der Waals surface area contributed by atoms with E-state index in [1.54, 1.807) is 12.5 Å². The summed E-state index contributed by atoms with van der Waals surface area (Å²) in [6.07, 6.45) is 3.44. The van der Waals surface area contributed by atoms with Crippen LogP contribution < -0.4 is 16.2 Å². The minimum Gasteiger partial charge on any atom is -0.467 e. The molecule has 3 heterocycles. The Kier molecular flexibility index (Phi) is 3.36. The molecule has 5 heteroatoms. The van der Waals surface area contributed by atoms with Crippen molar-refractivity contribution in [1.82, 2.24) is 10.9 Å². The maximum atomic E-state index is 5.62. The highest BCUT2D eigenvalue weighted by Gasteiger charge is 2.40. The van der Waals surface area contributed by atoms with E-state index in [1.165, 1.54) is 5.30 Å². The first-order valence-electron chi connectivity index (χ1n) is 6.85. The first-order valence-corrected chi connectivity index (χ1v) is 8.33. The smallest absolute Gasteiger partial charge is 0.126 e. The van der Waals surface area contributed by atoms with Gasteiger partial charge in [-0.05, 0) is 37.5 Å². The van der Waals surface area contributed by atoms with Crippen molar-refractivity contribution in [2.75, 3.05) is 0 Å². The molecule has 1 saturated heterocycles. The SMILES string of the molecule is c1ccc(P2[C@@H](c3ccco3)NN[C@@H]2c2ccco2)cc1. The van der Waals surface area contributed by atoms with E-state index in [0.29, 0.717) is 0 Å². The molecule has 1 aliphatic rings. The van der Waals surface area contributed by atoms with Crippen molar-refractivity contribution in [2.24, 2.45) is 0 Å². The number of furan rings is 2. The van der Waals surface area contributed by atoms with Crippen LogP contribution in [0.4, 0.5) is 0 Å². The van der Waals surface area contributed by atoms with E-state index in [4.69, 9.17) is 8.83 Å². The molecule has 2 aromatic heterocycles. The largest absolute Gasteiger partial charge is 0.467 e. The summed E-state index contributed by atoms with van der Waals surface area (Å²) in [6, 6.07) is 18.4. The fourth-order valence-corrected chi connectivity index (χ4v) is 5.33. The van der Waals surface area contributed by atoms with Crippen molar-refractivity contribution in [3.05, 3.63) is 78.6 Å². The second-order valence-electron chi connectivity index (χ2n) is 4.87. The molecule has 4 rings (SSSR count). The van der Waals surface area contributed by atoms with Crippen molar-refractivity contribution in [3.8, 4) is 0 Å². The van der Waals surface area contributed by atoms with Gasteiger partial charge >= 0.3 is 0 Å². The Morgan fingerprint density at radius 3 is 1.76 bits per heavy atom. The Hall–Kier alpha value is -1.87. The molecular weight excluding hydrogens is 283 g/mol. The van der Waals surface area contributed by atoms with E-state index in [-0.39, 0.29) is 11.6 Å². The van der Waals surface area contributed by atoms with E-state index in [9.17, 15) is 0 Å². The van der Waals surface area contributed by atoms with Gasteiger partial charge in [-0.1, -0.05) is 30.3 Å². The maximum absolute atomic E-state index is 5.62. The summed E-state index contributed by atoms with van der Waals surface area (Å²) in [4.78, 5) is 0. The Labute approximate surface area is 123 Å². The Bertz CT molecular complexity index is 640. The molecule has 3 aromatic rings. The van der Waals surface area contributed by atoms with Crippen LogP contribution in [0.5, 0.6) is 0 Å². The molecule has 106 valence electrons. The van der Waals surface area contributed by atoms with Crippen molar-refractivity contribution in [2.45, 2.75) is 11.6 Å². The van der Waals surface area contributed by atoms with E-state index in [1.807, 2.05) is 30.3 Å². The van der Waals surface area contributed by atoms with Crippen molar-refractivity contribution in [3.63, 3.8) is 0 Å². The molecule has 4 nitrogen and oxygen atoms in total. The van der Waals surface area contributed by atoms with Gasteiger partial charge in [0.1, 0.15) is 23.1 Å². The molecule has 0 saturated carbocycles. The van der Waals surface area contributed by atoms with Crippen LogP contribution in [0.3, 0.4) is 0 Å². The minimum atomic E-state index is -0.578. The normalized spacial score (nSPS) is 22.7. The lowest BCUT2D eigenvalue weighted by Crippen LogP contribution is -2.26. The first-order chi connectivity index (χ1) is 10.4. The summed E-state index contributed by atoms with van der Waals surface area (Å²) >= 11 is 0. The minimum absolute atomic E-state index is 0.132. The summed E-state index contributed by atoms with van der Waals surface area (Å²) in [6.45, 7) is 0. The molecule has 1 aromatic carbocycles. The number of nitrogens with one attached hydrogen (secondary N) is 2. The van der Waals surface area contributed by atoms with Gasteiger partial charge in [0.2, 0.25) is 0 Å². The average Bonchev–Trinajstić information content (AvgIpc) is 3.27. The van der Waals surface area contributed by atoms with Gasteiger partial charge < -0.3 is 8.83 Å². The second kappa shape index (κ2) is 5.49. The van der Waals surface area contributed by atoms with Crippen molar-refractivity contribution in [1.29, 1.82) is 0 Å². The number of hydrogen-bond donors (Lipinski definition) is 2. The summed E-state index contributed by atoms with van der Waals surface area (Å²) in [5.74, 6) is 2.16. The van der Waals surface area contributed by atoms with Crippen molar-refractivity contribution < 1.29 is 8.83 Å². The molecule has 0 radical (unpaired) electrons. The first kappa shape index (κ1) is 12.8. The van der Waals surface area contributed by atoms with E-state index in [0.717, 1.165) is 11.5 Å². The Morgan fingerprint density at radius 1 is 0.714 bits per heavy atom. The molecule has 0 amide bonds. The summed E-state index contributed by atoms with van der Waals surface area (Å²) in [5, 5.41) is 1.31.